The second-order valence-corrected chi connectivity index (χ2v) is 13.1. The van der Waals surface area contributed by atoms with E-state index in [4.69, 9.17) is 13.9 Å². The number of rotatable bonds is 17. The molecule has 0 saturated heterocycles. The van der Waals surface area contributed by atoms with Gasteiger partial charge >= 0.3 is 0 Å². The molecular weight excluding hydrogens is 652 g/mol. The van der Waals surface area contributed by atoms with Crippen molar-refractivity contribution >= 4 is 59.6 Å². The van der Waals surface area contributed by atoms with Gasteiger partial charge in [0.05, 0.1) is 24.2 Å². The lowest BCUT2D eigenvalue weighted by Gasteiger charge is -2.19. The van der Waals surface area contributed by atoms with Crippen LogP contribution in [0.5, 0.6) is 17.2 Å². The molecular formula is C33H44Br2O6. The van der Waals surface area contributed by atoms with E-state index in [0.29, 0.717) is 77.0 Å². The molecule has 8 heteroatoms. The van der Waals surface area contributed by atoms with Crippen LogP contribution in [-0.2, 0) is 12.8 Å². The molecule has 226 valence electrons. The van der Waals surface area contributed by atoms with Crippen molar-refractivity contribution in [2.24, 2.45) is 11.8 Å². The number of alkyl halides is 2. The standard InChI is InChI=1S/C33H44Br2O6/c1-20(2)10-12-23-25(39-16-8-6-14-34)18-28-31(32(23)37)33(38)30-24(13-11-21(3)4)29(22(5)36)26(19-27(30)41-28)40-17-9-7-15-35/h18-21,37H,6-17H2,1-5H3. The number of Topliss-reactive ketones (excluding diaryl/α,β-unsaturated/α-hetero) is 1. The predicted octanol–water partition coefficient (Wildman–Crippen LogP) is 9.14. The number of ether oxygens (including phenoxy) is 2. The summed E-state index contributed by atoms with van der Waals surface area (Å²) in [7, 11) is 0. The molecule has 41 heavy (non-hydrogen) atoms. The van der Waals surface area contributed by atoms with Crippen molar-refractivity contribution in [3.05, 3.63) is 39.0 Å². The molecule has 0 unspecified atom stereocenters. The highest BCUT2D eigenvalue weighted by molar-refractivity contribution is 9.09. The van der Waals surface area contributed by atoms with Crippen molar-refractivity contribution in [1.29, 1.82) is 0 Å². The summed E-state index contributed by atoms with van der Waals surface area (Å²) < 4.78 is 18.6. The van der Waals surface area contributed by atoms with Crippen molar-refractivity contribution in [1.82, 2.24) is 0 Å². The van der Waals surface area contributed by atoms with Crippen LogP contribution >= 0.6 is 31.9 Å². The highest BCUT2D eigenvalue weighted by Gasteiger charge is 2.26. The molecule has 3 rings (SSSR count). The summed E-state index contributed by atoms with van der Waals surface area (Å²) in [4.78, 5) is 27.2. The van der Waals surface area contributed by atoms with Crippen LogP contribution in [0.3, 0.4) is 0 Å². The van der Waals surface area contributed by atoms with Gasteiger partial charge in [-0.3, -0.25) is 9.59 Å². The maximum Gasteiger partial charge on any atom is 0.204 e. The molecule has 1 N–H and O–H groups in total. The number of phenols is 1. The van der Waals surface area contributed by atoms with Crippen LogP contribution in [0, 0.1) is 11.8 Å². The van der Waals surface area contributed by atoms with Gasteiger partial charge in [-0.2, -0.15) is 0 Å². The van der Waals surface area contributed by atoms with Gasteiger partial charge in [-0.15, -0.1) is 0 Å². The molecule has 1 aromatic heterocycles. The third-order valence-corrected chi connectivity index (χ3v) is 8.35. The number of fused-ring (bicyclic) bond motifs is 2. The number of ketones is 1. The van der Waals surface area contributed by atoms with Crippen LogP contribution in [0.15, 0.2) is 21.3 Å². The van der Waals surface area contributed by atoms with Crippen LogP contribution in [-0.4, -0.2) is 34.8 Å². The average Bonchev–Trinajstić information content (AvgIpc) is 2.90. The van der Waals surface area contributed by atoms with Crippen molar-refractivity contribution in [2.75, 3.05) is 23.9 Å². The van der Waals surface area contributed by atoms with Crippen LogP contribution in [0.4, 0.5) is 0 Å². The Hall–Kier alpha value is -2.06. The van der Waals surface area contributed by atoms with Gasteiger partial charge < -0.3 is 19.0 Å². The molecule has 0 bridgehead atoms. The number of hydrogen-bond acceptors (Lipinski definition) is 6. The largest absolute Gasteiger partial charge is 0.507 e. The lowest BCUT2D eigenvalue weighted by Crippen LogP contribution is -2.14. The van der Waals surface area contributed by atoms with E-state index in [0.717, 1.165) is 49.2 Å². The van der Waals surface area contributed by atoms with Crippen molar-refractivity contribution in [3.63, 3.8) is 0 Å². The Kier molecular flexibility index (Phi) is 13.0. The molecule has 1 heterocycles. The van der Waals surface area contributed by atoms with Gasteiger partial charge in [0.2, 0.25) is 5.43 Å². The average molecular weight is 697 g/mol. The molecule has 0 fully saturated rings. The molecule has 0 radical (unpaired) electrons. The SMILES string of the molecule is CC(=O)c1c(OCCCCBr)cc2oc3cc(OCCCCBr)c(CCC(C)C)c(O)c3c(=O)c2c1CCC(C)C. The fourth-order valence-corrected chi connectivity index (χ4v) is 5.76. The van der Waals surface area contributed by atoms with E-state index in [9.17, 15) is 14.7 Å². The molecule has 0 aliphatic carbocycles. The summed E-state index contributed by atoms with van der Waals surface area (Å²) in [5.41, 5.74) is 1.96. The Balaban J connectivity index is 2.31. The van der Waals surface area contributed by atoms with Gasteiger partial charge in [-0.25, -0.2) is 0 Å². The minimum Gasteiger partial charge on any atom is -0.507 e. The summed E-state index contributed by atoms with van der Waals surface area (Å²) in [6.45, 7) is 10.9. The van der Waals surface area contributed by atoms with Gasteiger partial charge in [-0.1, -0.05) is 59.6 Å². The Morgan fingerprint density at radius 2 is 1.34 bits per heavy atom. The number of aryl methyl sites for hydroxylation is 1. The first kappa shape index (κ1) is 33.4. The smallest absolute Gasteiger partial charge is 0.204 e. The van der Waals surface area contributed by atoms with Crippen molar-refractivity contribution < 1.29 is 23.8 Å². The molecule has 2 aromatic carbocycles. The van der Waals surface area contributed by atoms with E-state index in [1.165, 1.54) is 6.92 Å². The predicted molar refractivity (Wildman–Crippen MR) is 175 cm³/mol. The third-order valence-electron chi connectivity index (χ3n) is 7.23. The van der Waals surface area contributed by atoms with Crippen molar-refractivity contribution in [3.8, 4) is 17.2 Å². The number of carbonyl (C=O) groups excluding carboxylic acids is 1. The first-order valence-electron chi connectivity index (χ1n) is 14.8. The summed E-state index contributed by atoms with van der Waals surface area (Å²) in [6.07, 6.45) is 6.31. The fraction of sp³-hybridized carbons (Fsp3) is 0.576. The zero-order valence-electron chi connectivity index (χ0n) is 25.0. The molecule has 0 atom stereocenters. The lowest BCUT2D eigenvalue weighted by atomic mass is 9.91. The maximum absolute atomic E-state index is 14.2. The van der Waals surface area contributed by atoms with E-state index in [-0.39, 0.29) is 27.9 Å². The van der Waals surface area contributed by atoms with Crippen molar-refractivity contribution in [2.45, 2.75) is 86.0 Å². The number of hydrogen-bond donors (Lipinski definition) is 1. The monoisotopic (exact) mass is 694 g/mol. The highest BCUT2D eigenvalue weighted by atomic mass is 79.9. The topological polar surface area (TPSA) is 86.0 Å². The van der Waals surface area contributed by atoms with Crippen LogP contribution in [0.2, 0.25) is 0 Å². The molecule has 0 amide bonds. The van der Waals surface area contributed by atoms with Gasteiger partial charge in [0.25, 0.3) is 0 Å². The lowest BCUT2D eigenvalue weighted by molar-refractivity contribution is 0.101. The van der Waals surface area contributed by atoms with E-state index < -0.39 is 0 Å². The number of benzene rings is 2. The van der Waals surface area contributed by atoms with Gasteiger partial charge in [0.1, 0.15) is 33.8 Å². The molecule has 3 aromatic rings. The zero-order valence-corrected chi connectivity index (χ0v) is 28.2. The number of carbonyl (C=O) groups is 1. The Bertz CT molecular complexity index is 1390. The second-order valence-electron chi connectivity index (χ2n) is 11.5. The van der Waals surface area contributed by atoms with Crippen LogP contribution in [0.1, 0.15) is 94.6 Å². The normalized spacial score (nSPS) is 11.7. The summed E-state index contributed by atoms with van der Waals surface area (Å²) in [6, 6.07) is 3.41. The quantitative estimate of drug-likeness (QED) is 0.0656. The van der Waals surface area contributed by atoms with E-state index in [2.05, 4.69) is 59.6 Å². The van der Waals surface area contributed by atoms with Gasteiger partial charge in [-0.05, 0) is 75.7 Å². The minimum atomic E-state index is -0.331. The molecule has 0 aliphatic rings. The van der Waals surface area contributed by atoms with Gasteiger partial charge in [0, 0.05) is 28.4 Å². The van der Waals surface area contributed by atoms with Gasteiger partial charge in [0.15, 0.2) is 5.78 Å². The summed E-state index contributed by atoms with van der Waals surface area (Å²) in [5.74, 6) is 1.50. The number of aromatic hydroxyl groups is 1. The minimum absolute atomic E-state index is 0.0939. The first-order valence-corrected chi connectivity index (χ1v) is 17.0. The van der Waals surface area contributed by atoms with Crippen LogP contribution < -0.4 is 14.9 Å². The zero-order chi connectivity index (χ0) is 30.1. The number of halogens is 2. The fourth-order valence-electron chi connectivity index (χ4n) is 4.96. The molecule has 0 saturated carbocycles. The number of unbranched alkanes of at least 4 members (excludes halogenated alkanes) is 2. The Labute approximate surface area is 260 Å². The molecule has 0 spiro atoms. The number of phenolic OH excluding ortho intramolecular Hbond substituents is 1. The third kappa shape index (κ3) is 8.50. The summed E-state index contributed by atoms with van der Waals surface area (Å²) in [5, 5.41) is 13.8. The van der Waals surface area contributed by atoms with E-state index in [1.54, 1.807) is 12.1 Å². The first-order chi connectivity index (χ1) is 19.6. The molecule has 0 aliphatic heterocycles. The van der Waals surface area contributed by atoms with E-state index >= 15 is 0 Å². The second kappa shape index (κ2) is 16.0. The summed E-state index contributed by atoms with van der Waals surface area (Å²) >= 11 is 6.90. The van der Waals surface area contributed by atoms with Crippen LogP contribution in [0.25, 0.3) is 21.9 Å². The Morgan fingerprint density at radius 3 is 1.88 bits per heavy atom. The highest BCUT2D eigenvalue weighted by Crippen LogP contribution is 2.40. The molecule has 6 nitrogen and oxygen atoms in total. The Morgan fingerprint density at radius 1 is 0.829 bits per heavy atom. The maximum atomic E-state index is 14.2. The van der Waals surface area contributed by atoms with E-state index in [1.807, 2.05) is 0 Å².